The molecule has 2 N–H and O–H groups in total. The summed E-state index contributed by atoms with van der Waals surface area (Å²) < 4.78 is 5.14. The number of hydrogen-bond donors (Lipinski definition) is 2. The summed E-state index contributed by atoms with van der Waals surface area (Å²) in [4.78, 5) is 38.8. The number of rotatable bonds is 4. The Morgan fingerprint density at radius 1 is 1.22 bits per heavy atom. The average molecular weight is 317 g/mol. The lowest BCUT2D eigenvalue weighted by atomic mass is 9.94. The summed E-state index contributed by atoms with van der Waals surface area (Å²) >= 11 is 0. The quantitative estimate of drug-likeness (QED) is 0.878. The summed E-state index contributed by atoms with van der Waals surface area (Å²) in [5.74, 6) is 0.984. The van der Waals surface area contributed by atoms with Crippen LogP contribution in [0.4, 0.5) is 0 Å². The SMILES string of the molecule is O=C(CCc1ccc(=O)[nH]c1)N1CCC(c2cc(=O)[nH]o2)CC1. The maximum absolute atomic E-state index is 12.3. The maximum atomic E-state index is 12.3. The van der Waals surface area contributed by atoms with Gasteiger partial charge in [-0.25, -0.2) is 0 Å². The van der Waals surface area contributed by atoms with Crippen molar-refractivity contribution in [3.63, 3.8) is 0 Å². The van der Waals surface area contributed by atoms with Gasteiger partial charge in [0.2, 0.25) is 11.5 Å². The van der Waals surface area contributed by atoms with Crippen molar-refractivity contribution in [1.82, 2.24) is 15.0 Å². The summed E-state index contributed by atoms with van der Waals surface area (Å²) in [6, 6.07) is 4.69. The van der Waals surface area contributed by atoms with Crippen molar-refractivity contribution in [2.45, 2.75) is 31.6 Å². The van der Waals surface area contributed by atoms with Gasteiger partial charge in [-0.3, -0.25) is 14.4 Å². The fourth-order valence-corrected chi connectivity index (χ4v) is 2.92. The lowest BCUT2D eigenvalue weighted by molar-refractivity contribution is -0.132. The third-order valence-electron chi connectivity index (χ3n) is 4.27. The van der Waals surface area contributed by atoms with Gasteiger partial charge in [-0.2, -0.15) is 5.16 Å². The van der Waals surface area contributed by atoms with Gasteiger partial charge in [-0.05, 0) is 24.8 Å². The number of piperidine rings is 1. The lowest BCUT2D eigenvalue weighted by Crippen LogP contribution is -2.38. The molecule has 0 saturated carbocycles. The second kappa shape index (κ2) is 6.68. The monoisotopic (exact) mass is 317 g/mol. The van der Waals surface area contributed by atoms with Gasteiger partial charge in [0.1, 0.15) is 5.76 Å². The number of aromatic amines is 2. The first kappa shape index (κ1) is 15.3. The molecule has 0 aliphatic carbocycles. The average Bonchev–Trinajstić information content (AvgIpc) is 3.01. The molecule has 7 heteroatoms. The molecule has 0 spiro atoms. The van der Waals surface area contributed by atoms with Crippen molar-refractivity contribution >= 4 is 5.91 Å². The highest BCUT2D eigenvalue weighted by Crippen LogP contribution is 2.27. The van der Waals surface area contributed by atoms with Crippen LogP contribution in [-0.2, 0) is 11.2 Å². The van der Waals surface area contributed by atoms with E-state index in [0.717, 1.165) is 18.4 Å². The first-order valence-corrected chi connectivity index (χ1v) is 7.75. The van der Waals surface area contributed by atoms with Crippen LogP contribution >= 0.6 is 0 Å². The Kier molecular flexibility index (Phi) is 4.45. The molecule has 1 amide bonds. The molecule has 0 bridgehead atoms. The van der Waals surface area contributed by atoms with Gasteiger partial charge in [0.15, 0.2) is 0 Å². The van der Waals surface area contributed by atoms with Crippen molar-refractivity contribution in [2.75, 3.05) is 13.1 Å². The molecule has 122 valence electrons. The summed E-state index contributed by atoms with van der Waals surface area (Å²) in [5, 5.41) is 2.31. The zero-order valence-corrected chi connectivity index (χ0v) is 12.7. The van der Waals surface area contributed by atoms with E-state index in [9.17, 15) is 14.4 Å². The van der Waals surface area contributed by atoms with E-state index >= 15 is 0 Å². The molecular weight excluding hydrogens is 298 g/mol. The largest absolute Gasteiger partial charge is 0.383 e. The van der Waals surface area contributed by atoms with E-state index in [0.29, 0.717) is 31.7 Å². The van der Waals surface area contributed by atoms with Crippen LogP contribution in [0, 0.1) is 0 Å². The predicted molar refractivity (Wildman–Crippen MR) is 83.3 cm³/mol. The van der Waals surface area contributed by atoms with E-state index in [2.05, 4.69) is 10.1 Å². The number of nitrogens with one attached hydrogen (secondary N) is 2. The molecule has 1 saturated heterocycles. The highest BCUT2D eigenvalue weighted by Gasteiger charge is 2.25. The molecule has 0 radical (unpaired) electrons. The zero-order chi connectivity index (χ0) is 16.2. The van der Waals surface area contributed by atoms with Gasteiger partial charge in [0.25, 0.3) is 5.56 Å². The topological polar surface area (TPSA) is 99.2 Å². The minimum Gasteiger partial charge on any atom is -0.383 e. The molecule has 1 aliphatic rings. The fraction of sp³-hybridized carbons (Fsp3) is 0.438. The number of amides is 1. The molecule has 1 fully saturated rings. The Hall–Kier alpha value is -2.57. The van der Waals surface area contributed by atoms with Crippen LogP contribution in [0.1, 0.15) is 36.5 Å². The normalized spacial score (nSPS) is 15.7. The molecule has 0 aromatic carbocycles. The third kappa shape index (κ3) is 3.80. The number of hydrogen-bond acceptors (Lipinski definition) is 4. The van der Waals surface area contributed by atoms with Crippen molar-refractivity contribution in [2.24, 2.45) is 0 Å². The second-order valence-electron chi connectivity index (χ2n) is 5.83. The molecule has 2 aromatic rings. The third-order valence-corrected chi connectivity index (χ3v) is 4.27. The summed E-state index contributed by atoms with van der Waals surface area (Å²) in [5.41, 5.74) is 0.583. The summed E-state index contributed by atoms with van der Waals surface area (Å²) in [6.45, 7) is 1.34. The van der Waals surface area contributed by atoms with E-state index in [-0.39, 0.29) is 22.9 Å². The Balaban J connectivity index is 1.49. The first-order chi connectivity index (χ1) is 11.1. The minimum atomic E-state index is -0.223. The molecule has 7 nitrogen and oxygen atoms in total. The van der Waals surface area contributed by atoms with E-state index in [1.807, 2.05) is 4.90 Å². The summed E-state index contributed by atoms with van der Waals surface area (Å²) in [6.07, 6.45) is 4.28. The number of likely N-dealkylation sites (tertiary alicyclic amines) is 1. The number of pyridine rings is 1. The molecule has 3 heterocycles. The number of aromatic nitrogens is 2. The molecule has 3 rings (SSSR count). The van der Waals surface area contributed by atoms with E-state index in [4.69, 9.17) is 4.52 Å². The number of carbonyl (C=O) groups is 1. The molecular formula is C16H19N3O4. The number of H-pyrrole nitrogens is 2. The predicted octanol–water partition coefficient (Wildman–Crippen LogP) is 0.995. The number of nitrogens with zero attached hydrogens (tertiary/aromatic N) is 1. The lowest BCUT2D eigenvalue weighted by Gasteiger charge is -2.31. The van der Waals surface area contributed by atoms with Crippen LogP contribution in [0.25, 0.3) is 0 Å². The highest BCUT2D eigenvalue weighted by atomic mass is 16.5. The van der Waals surface area contributed by atoms with Gasteiger partial charge in [0, 0.05) is 43.8 Å². The van der Waals surface area contributed by atoms with Crippen molar-refractivity contribution in [3.8, 4) is 0 Å². The molecule has 23 heavy (non-hydrogen) atoms. The zero-order valence-electron chi connectivity index (χ0n) is 12.7. The maximum Gasteiger partial charge on any atom is 0.280 e. The Bertz CT molecular complexity index is 760. The van der Waals surface area contributed by atoms with Gasteiger partial charge in [-0.15, -0.1) is 0 Å². The molecule has 2 aromatic heterocycles. The van der Waals surface area contributed by atoms with Crippen LogP contribution in [0.3, 0.4) is 0 Å². The Labute approximate surface area is 132 Å². The van der Waals surface area contributed by atoms with E-state index in [1.165, 1.54) is 12.1 Å². The molecule has 1 aliphatic heterocycles. The highest BCUT2D eigenvalue weighted by molar-refractivity contribution is 5.76. The van der Waals surface area contributed by atoms with Crippen molar-refractivity contribution in [1.29, 1.82) is 0 Å². The summed E-state index contributed by atoms with van der Waals surface area (Å²) in [7, 11) is 0. The van der Waals surface area contributed by atoms with Gasteiger partial charge >= 0.3 is 0 Å². The minimum absolute atomic E-state index is 0.116. The van der Waals surface area contributed by atoms with Crippen LogP contribution < -0.4 is 11.1 Å². The second-order valence-corrected chi connectivity index (χ2v) is 5.83. The van der Waals surface area contributed by atoms with Gasteiger partial charge < -0.3 is 14.4 Å². The van der Waals surface area contributed by atoms with Gasteiger partial charge in [-0.1, -0.05) is 6.07 Å². The van der Waals surface area contributed by atoms with Crippen LogP contribution in [0.5, 0.6) is 0 Å². The fourth-order valence-electron chi connectivity index (χ4n) is 2.92. The first-order valence-electron chi connectivity index (χ1n) is 7.75. The molecule has 0 unspecified atom stereocenters. The standard InChI is InChI=1S/C16H19N3O4/c20-14-3-1-11(10-17-14)2-4-16(22)19-7-5-12(6-8-19)13-9-15(21)18-23-13/h1,3,9-10,12H,2,4-8H2,(H,17,20)(H,18,21). The number of carbonyl (C=O) groups excluding carboxylic acids is 1. The van der Waals surface area contributed by atoms with Crippen LogP contribution in [0.2, 0.25) is 0 Å². The van der Waals surface area contributed by atoms with Gasteiger partial charge in [0.05, 0.1) is 0 Å². The van der Waals surface area contributed by atoms with Crippen molar-refractivity contribution < 1.29 is 9.32 Å². The van der Waals surface area contributed by atoms with Crippen LogP contribution in [-0.4, -0.2) is 34.0 Å². The molecule has 0 atom stereocenters. The van der Waals surface area contributed by atoms with E-state index in [1.54, 1.807) is 12.3 Å². The Morgan fingerprint density at radius 2 is 2.00 bits per heavy atom. The van der Waals surface area contributed by atoms with E-state index < -0.39 is 0 Å². The van der Waals surface area contributed by atoms with Crippen molar-refractivity contribution in [3.05, 3.63) is 56.4 Å². The Morgan fingerprint density at radius 3 is 2.61 bits per heavy atom. The smallest absolute Gasteiger partial charge is 0.280 e. The van der Waals surface area contributed by atoms with Crippen LogP contribution in [0.15, 0.2) is 38.5 Å². The number of aryl methyl sites for hydroxylation is 1.